The van der Waals surface area contributed by atoms with Crippen LogP contribution in [0.5, 0.6) is 11.5 Å². The van der Waals surface area contributed by atoms with Gasteiger partial charge in [-0.3, -0.25) is 20.1 Å². The number of ether oxygens (including phenoxy) is 2. The largest absolute Gasteiger partial charge is 0.496 e. The maximum atomic E-state index is 11.7. The molecule has 9 heteroatoms. The SMILES string of the molecule is CC[C@@H]1CSC2=N[C@@H](c3ccccn3)[C@@H](c3cc([N+](=O)[O-])c(OC)cc3OC)N21. The summed E-state index contributed by atoms with van der Waals surface area (Å²) in [5.74, 6) is 1.66. The van der Waals surface area contributed by atoms with Crippen molar-refractivity contribution in [3.05, 3.63) is 57.9 Å². The van der Waals surface area contributed by atoms with E-state index in [1.54, 1.807) is 37.2 Å². The van der Waals surface area contributed by atoms with Gasteiger partial charge in [0.1, 0.15) is 11.8 Å². The molecule has 29 heavy (non-hydrogen) atoms. The number of thioether (sulfide) groups is 1. The molecule has 0 saturated carbocycles. The molecule has 2 aliphatic heterocycles. The summed E-state index contributed by atoms with van der Waals surface area (Å²) in [4.78, 5) is 23.0. The molecule has 3 heterocycles. The predicted octanol–water partition coefficient (Wildman–Crippen LogP) is 3.99. The Kier molecular flexibility index (Phi) is 5.31. The van der Waals surface area contributed by atoms with Crippen LogP contribution in [0.3, 0.4) is 0 Å². The monoisotopic (exact) mass is 414 g/mol. The number of hydrogen-bond donors (Lipinski definition) is 0. The summed E-state index contributed by atoms with van der Waals surface area (Å²) in [5.41, 5.74) is 1.46. The summed E-state index contributed by atoms with van der Waals surface area (Å²) < 4.78 is 10.9. The molecule has 0 unspecified atom stereocenters. The van der Waals surface area contributed by atoms with Crippen LogP contribution in [0.15, 0.2) is 41.5 Å². The summed E-state index contributed by atoms with van der Waals surface area (Å²) in [5, 5.41) is 12.6. The highest BCUT2D eigenvalue weighted by molar-refractivity contribution is 8.14. The third kappa shape index (κ3) is 3.29. The van der Waals surface area contributed by atoms with Crippen LogP contribution in [0, 0.1) is 10.1 Å². The Morgan fingerprint density at radius 3 is 2.69 bits per heavy atom. The molecule has 0 spiro atoms. The van der Waals surface area contributed by atoms with Crippen LogP contribution in [0.1, 0.15) is 36.7 Å². The number of methoxy groups -OCH3 is 2. The molecule has 2 aromatic rings. The van der Waals surface area contributed by atoms with E-state index in [0.29, 0.717) is 11.8 Å². The third-order valence-corrected chi connectivity index (χ3v) is 6.50. The number of fused-ring (bicyclic) bond motifs is 1. The first-order chi connectivity index (χ1) is 14.1. The van der Waals surface area contributed by atoms with Crippen LogP contribution >= 0.6 is 11.8 Å². The minimum Gasteiger partial charge on any atom is -0.496 e. The van der Waals surface area contributed by atoms with Crippen LogP contribution in [0.4, 0.5) is 5.69 Å². The first-order valence-corrected chi connectivity index (χ1v) is 10.4. The lowest BCUT2D eigenvalue weighted by Gasteiger charge is -2.32. The second kappa shape index (κ2) is 7.90. The Bertz CT molecular complexity index is 953. The molecule has 0 aliphatic carbocycles. The normalized spacial score (nSPS) is 22.9. The highest BCUT2D eigenvalue weighted by atomic mass is 32.2. The van der Waals surface area contributed by atoms with Gasteiger partial charge in [-0.2, -0.15) is 0 Å². The molecule has 2 aliphatic rings. The number of benzene rings is 1. The van der Waals surface area contributed by atoms with Crippen molar-refractivity contribution in [1.82, 2.24) is 9.88 Å². The van der Waals surface area contributed by atoms with Gasteiger partial charge in [-0.05, 0) is 18.6 Å². The van der Waals surface area contributed by atoms with Crippen LogP contribution in [-0.4, -0.2) is 46.0 Å². The molecule has 1 fully saturated rings. The summed E-state index contributed by atoms with van der Waals surface area (Å²) in [6.45, 7) is 2.15. The minimum absolute atomic E-state index is 0.0866. The van der Waals surface area contributed by atoms with E-state index < -0.39 is 4.92 Å². The van der Waals surface area contributed by atoms with E-state index in [4.69, 9.17) is 14.5 Å². The zero-order valence-corrected chi connectivity index (χ0v) is 17.3. The van der Waals surface area contributed by atoms with Gasteiger partial charge in [-0.25, -0.2) is 0 Å². The van der Waals surface area contributed by atoms with Crippen LogP contribution in [-0.2, 0) is 0 Å². The lowest BCUT2D eigenvalue weighted by molar-refractivity contribution is -0.385. The number of pyridine rings is 1. The number of amidine groups is 1. The second-order valence-corrected chi connectivity index (χ2v) is 7.85. The Hall–Kier alpha value is -2.81. The van der Waals surface area contributed by atoms with E-state index in [2.05, 4.69) is 16.8 Å². The number of aliphatic imine (C=N–C) groups is 1. The number of aromatic nitrogens is 1. The second-order valence-electron chi connectivity index (χ2n) is 6.86. The fraction of sp³-hybridized carbons (Fsp3) is 0.400. The lowest BCUT2D eigenvalue weighted by Crippen LogP contribution is -2.35. The number of rotatable bonds is 6. The van der Waals surface area contributed by atoms with Gasteiger partial charge in [0.2, 0.25) is 5.75 Å². The van der Waals surface area contributed by atoms with Gasteiger partial charge in [0.25, 0.3) is 0 Å². The Morgan fingerprint density at radius 1 is 1.28 bits per heavy atom. The smallest absolute Gasteiger partial charge is 0.311 e. The van der Waals surface area contributed by atoms with E-state index in [1.165, 1.54) is 7.11 Å². The molecule has 1 aromatic carbocycles. The topological polar surface area (TPSA) is 90.1 Å². The quantitative estimate of drug-likeness (QED) is 0.521. The van der Waals surface area contributed by atoms with E-state index in [1.807, 2.05) is 18.2 Å². The number of nitrogens with zero attached hydrogens (tertiary/aromatic N) is 4. The maximum Gasteiger partial charge on any atom is 0.311 e. The molecule has 8 nitrogen and oxygen atoms in total. The van der Waals surface area contributed by atoms with Gasteiger partial charge in [-0.1, -0.05) is 24.8 Å². The van der Waals surface area contributed by atoms with E-state index in [-0.39, 0.29) is 23.5 Å². The fourth-order valence-corrected chi connectivity index (χ4v) is 5.30. The van der Waals surface area contributed by atoms with Crippen molar-refractivity contribution in [1.29, 1.82) is 0 Å². The van der Waals surface area contributed by atoms with Crippen LogP contribution in [0.2, 0.25) is 0 Å². The molecule has 152 valence electrons. The van der Waals surface area contributed by atoms with Crippen molar-refractivity contribution >= 4 is 22.6 Å². The molecule has 3 atom stereocenters. The molecular formula is C20H22N4O4S. The summed E-state index contributed by atoms with van der Waals surface area (Å²) >= 11 is 1.72. The van der Waals surface area contributed by atoms with E-state index in [9.17, 15) is 10.1 Å². The van der Waals surface area contributed by atoms with Crippen molar-refractivity contribution in [3.8, 4) is 11.5 Å². The molecule has 4 rings (SSSR count). The number of nitro groups is 1. The van der Waals surface area contributed by atoms with Gasteiger partial charge < -0.3 is 14.4 Å². The average Bonchev–Trinajstić information content (AvgIpc) is 3.32. The van der Waals surface area contributed by atoms with Gasteiger partial charge in [-0.15, -0.1) is 0 Å². The zero-order chi connectivity index (χ0) is 20.5. The molecular weight excluding hydrogens is 392 g/mol. The van der Waals surface area contributed by atoms with E-state index >= 15 is 0 Å². The molecule has 1 saturated heterocycles. The zero-order valence-electron chi connectivity index (χ0n) is 16.4. The van der Waals surface area contributed by atoms with Crippen molar-refractivity contribution in [2.45, 2.75) is 31.5 Å². The average molecular weight is 414 g/mol. The van der Waals surface area contributed by atoms with Crippen molar-refractivity contribution < 1.29 is 14.4 Å². The van der Waals surface area contributed by atoms with Crippen molar-refractivity contribution in [2.24, 2.45) is 4.99 Å². The third-order valence-electron chi connectivity index (χ3n) is 5.38. The van der Waals surface area contributed by atoms with Crippen LogP contribution in [0.25, 0.3) is 0 Å². The van der Waals surface area contributed by atoms with Crippen LogP contribution < -0.4 is 9.47 Å². The summed E-state index contributed by atoms with van der Waals surface area (Å²) in [6.07, 6.45) is 2.70. The highest BCUT2D eigenvalue weighted by Gasteiger charge is 2.47. The fourth-order valence-electron chi connectivity index (χ4n) is 3.97. The number of hydrogen-bond acceptors (Lipinski definition) is 8. The number of nitro benzene ring substituents is 1. The minimum atomic E-state index is -0.426. The van der Waals surface area contributed by atoms with Gasteiger partial charge in [0, 0.05) is 35.7 Å². The molecule has 0 N–H and O–H groups in total. The summed E-state index contributed by atoms with van der Waals surface area (Å²) in [6, 6.07) is 8.68. The highest BCUT2D eigenvalue weighted by Crippen LogP contribution is 2.52. The lowest BCUT2D eigenvalue weighted by atomic mass is 9.93. The molecule has 0 radical (unpaired) electrons. The van der Waals surface area contributed by atoms with Gasteiger partial charge in [0.05, 0.1) is 30.9 Å². The van der Waals surface area contributed by atoms with E-state index in [0.717, 1.165) is 28.6 Å². The maximum absolute atomic E-state index is 11.7. The molecule has 1 aromatic heterocycles. The van der Waals surface area contributed by atoms with Gasteiger partial charge >= 0.3 is 5.69 Å². The Labute approximate surface area is 173 Å². The Balaban J connectivity index is 1.90. The summed E-state index contributed by atoms with van der Waals surface area (Å²) in [7, 11) is 2.98. The first-order valence-electron chi connectivity index (χ1n) is 9.39. The Morgan fingerprint density at radius 2 is 2.07 bits per heavy atom. The predicted molar refractivity (Wildman–Crippen MR) is 112 cm³/mol. The molecule has 0 bridgehead atoms. The van der Waals surface area contributed by atoms with Gasteiger partial charge in [0.15, 0.2) is 5.17 Å². The van der Waals surface area contributed by atoms with Crippen molar-refractivity contribution in [2.75, 3.05) is 20.0 Å². The first kappa shape index (κ1) is 19.5. The van der Waals surface area contributed by atoms with Crippen molar-refractivity contribution in [3.63, 3.8) is 0 Å². The standard InChI is InChI=1S/C20H22N4O4S/c1-4-12-11-29-20-22-18(14-7-5-6-8-21-14)19(23(12)20)13-9-15(24(25)26)17(28-3)10-16(13)27-2/h5-10,12,18-19H,4,11H2,1-3H3/t12-,18+,19-/m1/s1. The molecule has 0 amide bonds.